The fraction of sp³-hybridized carbons (Fsp3) is 0.450. The lowest BCUT2D eigenvalue weighted by molar-refractivity contribution is -0.137. The largest absolute Gasteiger partial charge is 0.481 e. The molecule has 0 aliphatic carbocycles. The Bertz CT molecular complexity index is 725. The van der Waals surface area contributed by atoms with Gasteiger partial charge in [0, 0.05) is 43.4 Å². The summed E-state index contributed by atoms with van der Waals surface area (Å²) in [6.45, 7) is 1.37. The summed E-state index contributed by atoms with van der Waals surface area (Å²) in [7, 11) is 0. The fourth-order valence-corrected chi connectivity index (χ4v) is 3.57. The number of hydrogen-bond donors (Lipinski definition) is 3. The van der Waals surface area contributed by atoms with Gasteiger partial charge < -0.3 is 20.3 Å². The number of aromatic amines is 1. The Kier molecular flexibility index (Phi) is 6.46. The number of nitrogens with zero attached hydrogens (tertiary/aromatic N) is 2. The molecule has 2 amide bonds. The average Bonchev–Trinajstić information content (AvgIpc) is 3.22. The molecule has 3 N–H and O–H groups in total. The number of benzene rings is 1. The first kappa shape index (κ1) is 18.9. The molecule has 1 aliphatic heterocycles. The van der Waals surface area contributed by atoms with Crippen LogP contribution in [-0.4, -0.2) is 51.1 Å². The van der Waals surface area contributed by atoms with Crippen LogP contribution in [0.5, 0.6) is 0 Å². The fourth-order valence-electron chi connectivity index (χ4n) is 3.57. The van der Waals surface area contributed by atoms with E-state index >= 15 is 0 Å². The van der Waals surface area contributed by atoms with Gasteiger partial charge in [-0.2, -0.15) is 0 Å². The zero-order chi connectivity index (χ0) is 19.1. The second-order valence-corrected chi connectivity index (χ2v) is 7.04. The first-order chi connectivity index (χ1) is 13.1. The SMILES string of the molecule is O=C(O)CCC(Cc1ccccc1)NC(=O)N1CCC(c2cnc[nH]2)CC1. The number of aromatic nitrogens is 2. The predicted octanol–water partition coefficient (Wildman–Crippen LogP) is 2.77. The minimum absolute atomic E-state index is 0.0413. The molecule has 0 saturated carbocycles. The quantitative estimate of drug-likeness (QED) is 0.698. The van der Waals surface area contributed by atoms with Crippen LogP contribution in [0.15, 0.2) is 42.9 Å². The average molecular weight is 370 g/mol. The van der Waals surface area contributed by atoms with Gasteiger partial charge >= 0.3 is 12.0 Å². The molecule has 0 radical (unpaired) electrons. The highest BCUT2D eigenvalue weighted by molar-refractivity contribution is 5.75. The van der Waals surface area contributed by atoms with E-state index in [1.54, 1.807) is 6.33 Å². The van der Waals surface area contributed by atoms with Crippen LogP contribution in [-0.2, 0) is 11.2 Å². The standard InChI is InChI=1S/C20H26N4O3/c25-19(26)7-6-17(12-15-4-2-1-3-5-15)23-20(27)24-10-8-16(9-11-24)18-13-21-14-22-18/h1-5,13-14,16-17H,6-12H2,(H,21,22)(H,23,27)(H,25,26). The van der Waals surface area contributed by atoms with Crippen molar-refractivity contribution in [3.63, 3.8) is 0 Å². The van der Waals surface area contributed by atoms with Gasteiger partial charge in [-0.3, -0.25) is 4.79 Å². The summed E-state index contributed by atoms with van der Waals surface area (Å²) in [4.78, 5) is 32.7. The van der Waals surface area contributed by atoms with Crippen molar-refractivity contribution in [1.82, 2.24) is 20.2 Å². The van der Waals surface area contributed by atoms with Crippen LogP contribution < -0.4 is 5.32 Å². The van der Waals surface area contributed by atoms with Gasteiger partial charge in [-0.05, 0) is 31.2 Å². The molecule has 1 unspecified atom stereocenters. The number of hydrogen-bond acceptors (Lipinski definition) is 3. The van der Waals surface area contributed by atoms with Gasteiger partial charge in [0.05, 0.1) is 6.33 Å². The molecular formula is C20H26N4O3. The normalized spacial score (nSPS) is 16.1. The van der Waals surface area contributed by atoms with Crippen LogP contribution in [0.2, 0.25) is 0 Å². The molecule has 1 fully saturated rings. The smallest absolute Gasteiger partial charge is 0.317 e. The maximum Gasteiger partial charge on any atom is 0.317 e. The van der Waals surface area contributed by atoms with Gasteiger partial charge in [-0.1, -0.05) is 30.3 Å². The van der Waals surface area contributed by atoms with E-state index in [1.807, 2.05) is 41.4 Å². The summed E-state index contributed by atoms with van der Waals surface area (Å²) in [5, 5.41) is 12.0. The molecule has 0 bridgehead atoms. The van der Waals surface area contributed by atoms with Crippen molar-refractivity contribution >= 4 is 12.0 Å². The van der Waals surface area contributed by atoms with Gasteiger partial charge in [0.1, 0.15) is 0 Å². The Morgan fingerprint density at radius 1 is 1.26 bits per heavy atom. The Hall–Kier alpha value is -2.83. The molecule has 1 atom stereocenters. The van der Waals surface area contributed by atoms with Gasteiger partial charge in [-0.15, -0.1) is 0 Å². The molecule has 3 rings (SSSR count). The van der Waals surface area contributed by atoms with Crippen LogP contribution >= 0.6 is 0 Å². The van der Waals surface area contributed by atoms with Crippen molar-refractivity contribution in [1.29, 1.82) is 0 Å². The van der Waals surface area contributed by atoms with Crippen LogP contribution in [0.4, 0.5) is 4.79 Å². The molecule has 7 heteroatoms. The van der Waals surface area contributed by atoms with Gasteiger partial charge in [-0.25, -0.2) is 9.78 Å². The highest BCUT2D eigenvalue weighted by Crippen LogP contribution is 2.26. The number of piperidine rings is 1. The number of imidazole rings is 1. The topological polar surface area (TPSA) is 98.3 Å². The zero-order valence-electron chi connectivity index (χ0n) is 15.3. The Morgan fingerprint density at radius 3 is 2.63 bits per heavy atom. The summed E-state index contributed by atoms with van der Waals surface area (Å²) < 4.78 is 0. The van der Waals surface area contributed by atoms with E-state index in [-0.39, 0.29) is 18.5 Å². The van der Waals surface area contributed by atoms with E-state index in [1.165, 1.54) is 0 Å². The maximum absolute atomic E-state index is 12.7. The number of carbonyl (C=O) groups is 2. The lowest BCUT2D eigenvalue weighted by Crippen LogP contribution is -2.48. The zero-order valence-corrected chi connectivity index (χ0v) is 15.3. The van der Waals surface area contributed by atoms with E-state index in [0.717, 1.165) is 24.1 Å². The van der Waals surface area contributed by atoms with E-state index in [2.05, 4.69) is 15.3 Å². The predicted molar refractivity (Wildman–Crippen MR) is 101 cm³/mol. The molecule has 144 valence electrons. The summed E-state index contributed by atoms with van der Waals surface area (Å²) in [5.41, 5.74) is 2.21. The number of nitrogens with one attached hydrogen (secondary N) is 2. The van der Waals surface area contributed by atoms with Crippen LogP contribution in [0.3, 0.4) is 0 Å². The maximum atomic E-state index is 12.7. The Balaban J connectivity index is 1.54. The monoisotopic (exact) mass is 370 g/mol. The Morgan fingerprint density at radius 2 is 2.00 bits per heavy atom. The van der Waals surface area contributed by atoms with Crippen LogP contribution in [0, 0.1) is 0 Å². The van der Waals surface area contributed by atoms with Gasteiger partial charge in [0.25, 0.3) is 0 Å². The lowest BCUT2D eigenvalue weighted by Gasteiger charge is -2.33. The van der Waals surface area contributed by atoms with E-state index in [4.69, 9.17) is 5.11 Å². The highest BCUT2D eigenvalue weighted by atomic mass is 16.4. The molecule has 1 aliphatic rings. The molecular weight excluding hydrogens is 344 g/mol. The molecule has 1 aromatic heterocycles. The van der Waals surface area contributed by atoms with Gasteiger partial charge in [0.2, 0.25) is 0 Å². The molecule has 2 heterocycles. The van der Waals surface area contributed by atoms with E-state index < -0.39 is 5.97 Å². The number of carboxylic acids is 1. The summed E-state index contributed by atoms with van der Waals surface area (Å²) in [6, 6.07) is 9.53. The number of amides is 2. The van der Waals surface area contributed by atoms with E-state index in [0.29, 0.717) is 31.8 Å². The summed E-state index contributed by atoms with van der Waals surface area (Å²) >= 11 is 0. The number of likely N-dealkylation sites (tertiary alicyclic amines) is 1. The number of urea groups is 1. The van der Waals surface area contributed by atoms with E-state index in [9.17, 15) is 9.59 Å². The highest BCUT2D eigenvalue weighted by Gasteiger charge is 2.26. The summed E-state index contributed by atoms with van der Waals surface area (Å²) in [5.74, 6) is -0.439. The van der Waals surface area contributed by atoms with Crippen molar-refractivity contribution in [2.75, 3.05) is 13.1 Å². The number of aliphatic carboxylic acids is 1. The first-order valence-corrected chi connectivity index (χ1v) is 9.41. The van der Waals surface area contributed by atoms with Crippen molar-refractivity contribution in [2.45, 2.75) is 44.1 Å². The van der Waals surface area contributed by atoms with Crippen LogP contribution in [0.1, 0.15) is 42.9 Å². The van der Waals surface area contributed by atoms with Gasteiger partial charge in [0.15, 0.2) is 0 Å². The third-order valence-corrected chi connectivity index (χ3v) is 5.10. The second-order valence-electron chi connectivity index (χ2n) is 7.04. The molecule has 7 nitrogen and oxygen atoms in total. The summed E-state index contributed by atoms with van der Waals surface area (Å²) in [6.07, 6.45) is 6.42. The molecule has 2 aromatic rings. The first-order valence-electron chi connectivity index (χ1n) is 9.41. The second kappa shape index (κ2) is 9.21. The molecule has 1 aromatic carbocycles. The lowest BCUT2D eigenvalue weighted by atomic mass is 9.94. The van der Waals surface area contributed by atoms with Crippen molar-refractivity contribution in [3.8, 4) is 0 Å². The number of rotatable bonds is 7. The molecule has 0 spiro atoms. The number of H-pyrrole nitrogens is 1. The minimum Gasteiger partial charge on any atom is -0.481 e. The number of carbonyl (C=O) groups excluding carboxylic acids is 1. The third-order valence-electron chi connectivity index (χ3n) is 5.10. The number of carboxylic acid groups (broad SMARTS) is 1. The van der Waals surface area contributed by atoms with Crippen molar-refractivity contribution in [2.24, 2.45) is 0 Å². The molecule has 27 heavy (non-hydrogen) atoms. The van der Waals surface area contributed by atoms with Crippen molar-refractivity contribution < 1.29 is 14.7 Å². The van der Waals surface area contributed by atoms with Crippen LogP contribution in [0.25, 0.3) is 0 Å². The van der Waals surface area contributed by atoms with Crippen molar-refractivity contribution in [3.05, 3.63) is 54.1 Å². The molecule has 1 saturated heterocycles. The third kappa shape index (κ3) is 5.57. The Labute approximate surface area is 158 Å². The minimum atomic E-state index is -0.845.